The van der Waals surface area contributed by atoms with Crippen molar-refractivity contribution in [3.8, 4) is 0 Å². The molecule has 3 aromatic carbocycles. The zero-order chi connectivity index (χ0) is 72.3. The Balaban J connectivity index is 1.12. The van der Waals surface area contributed by atoms with Crippen molar-refractivity contribution in [2.24, 2.45) is 28.4 Å². The quantitative estimate of drug-likeness (QED) is 0.0117. The number of ether oxygens (including phenoxy) is 6. The highest BCUT2D eigenvalue weighted by Gasteiger charge is 2.78. The first-order valence-electron chi connectivity index (χ1n) is 32.5. The molecule has 6 amide bonds. The Kier molecular flexibility index (Phi) is 25.0. The molecule has 8 rings (SSSR count). The molecule has 0 radical (unpaired) electrons. The van der Waals surface area contributed by atoms with Crippen LogP contribution in [0.25, 0.3) is 0 Å². The van der Waals surface area contributed by atoms with Gasteiger partial charge in [0.2, 0.25) is 41.5 Å². The number of methoxy groups -OCH3 is 1. The smallest absolute Gasteiger partial charge is 0.350 e. The second-order valence-corrected chi connectivity index (χ2v) is 28.8. The zero-order valence-electron chi connectivity index (χ0n) is 56.2. The molecule has 15 atom stereocenters. The molecule has 2 aliphatic heterocycles. The molecule has 0 aromatic heterocycles. The standard InChI is InChI=1S/C69H86N8O20S2/c1-36-47(31-69(91)59(96-64(89)42-24-16-11-17-25-42)57-67(7,58(84)37(2)54(36)66(69,5)6)48(92-8)30-49-68(57,35-93-49)97-39(4)79)94-65(90)56(55(73-38(3)78)41-22-14-10-15-23-41)95-53(83)34-99-98-33-46-63(88)75-43(26-18-19-27-50(70)71)60(85)72-32-51(80)74-45(29-52(81)82)62(87)76-44(61(86)77-46)28-40-20-12-9-13-21-40/h9-17,20-25,37,43-49,55-57,59,91H,18-19,26-35H2,1-8H3,(H3,70,71)(H,72,85)(H,73,78)(H,74,80)(H,75,88)(H,76,87)(H,77,86)(H,81,82)/t37-,43+,44-,45+,46+,47+,48+,49-,55+,56-,57+,59+,67-,68+,69-/m1/s1. The number of amidine groups is 1. The highest BCUT2D eigenvalue weighted by Crippen LogP contribution is 2.65. The summed E-state index contributed by atoms with van der Waals surface area (Å²) in [6.45, 7) is 9.64. The van der Waals surface area contributed by atoms with Crippen molar-refractivity contribution < 1.29 is 96.2 Å². The van der Waals surface area contributed by atoms with Gasteiger partial charge < -0.3 is 76.3 Å². The Morgan fingerprint density at radius 2 is 1.41 bits per heavy atom. The van der Waals surface area contributed by atoms with Crippen molar-refractivity contribution in [1.82, 2.24) is 31.9 Å². The topological polar surface area (TPSA) is 423 Å². The van der Waals surface area contributed by atoms with Gasteiger partial charge in [-0.3, -0.25) is 53.4 Å². The van der Waals surface area contributed by atoms with E-state index in [1.165, 1.54) is 33.1 Å². The third-order valence-electron chi connectivity index (χ3n) is 19.4. The number of fused-ring (bicyclic) bond motifs is 5. The number of Topliss-reactive ketones (excluding diaryl/α,β-unsaturated/α-hetero) is 1. The minimum Gasteiger partial charge on any atom is -0.481 e. The van der Waals surface area contributed by atoms with Gasteiger partial charge in [-0.2, -0.15) is 0 Å². The second-order valence-electron chi connectivity index (χ2n) is 26.2. The van der Waals surface area contributed by atoms with Crippen LogP contribution in [0.3, 0.4) is 0 Å². The molecule has 0 spiro atoms. The van der Waals surface area contributed by atoms with Gasteiger partial charge in [0, 0.05) is 63.7 Å². The number of hydrogen-bond donors (Lipinski definition) is 10. The number of unbranched alkanes of at least 4 members (excludes halogenated alkanes) is 1. The van der Waals surface area contributed by atoms with E-state index in [4.69, 9.17) is 39.6 Å². The second kappa shape index (κ2) is 32.5. The number of hydrogen-bond acceptors (Lipinski definition) is 22. The third kappa shape index (κ3) is 17.1. The number of nitrogens with one attached hydrogen (secondary N) is 7. The van der Waals surface area contributed by atoms with Crippen molar-refractivity contribution >= 4 is 98.5 Å². The third-order valence-corrected chi connectivity index (χ3v) is 21.6. The number of amides is 6. The Labute approximate surface area is 580 Å². The molecule has 28 nitrogen and oxygen atoms in total. The van der Waals surface area contributed by atoms with E-state index in [0.717, 1.165) is 21.6 Å². The first kappa shape index (κ1) is 76.1. The predicted molar refractivity (Wildman–Crippen MR) is 358 cm³/mol. The number of rotatable bonds is 24. The van der Waals surface area contributed by atoms with Gasteiger partial charge in [0.15, 0.2) is 5.60 Å². The van der Waals surface area contributed by atoms with Crippen LogP contribution in [0.1, 0.15) is 121 Å². The molecule has 2 saturated carbocycles. The van der Waals surface area contributed by atoms with Crippen molar-refractivity contribution in [2.45, 2.75) is 172 Å². The number of benzene rings is 3. The lowest BCUT2D eigenvalue weighted by Crippen LogP contribution is -2.81. The van der Waals surface area contributed by atoms with Crippen LogP contribution in [0.4, 0.5) is 0 Å². The van der Waals surface area contributed by atoms with Gasteiger partial charge in [-0.15, -0.1) is 0 Å². The van der Waals surface area contributed by atoms with Gasteiger partial charge in [-0.1, -0.05) is 128 Å². The van der Waals surface area contributed by atoms with Crippen LogP contribution in [0, 0.1) is 28.1 Å². The fourth-order valence-electron chi connectivity index (χ4n) is 14.6. The summed E-state index contributed by atoms with van der Waals surface area (Å²) in [5, 5.41) is 46.7. The maximum atomic E-state index is 15.9. The van der Waals surface area contributed by atoms with Crippen LogP contribution >= 0.6 is 21.6 Å². The number of carbonyl (C=O) groups excluding carboxylic acids is 11. The van der Waals surface area contributed by atoms with Crippen molar-refractivity contribution in [3.63, 3.8) is 0 Å². The first-order valence-corrected chi connectivity index (χ1v) is 35.0. The van der Waals surface area contributed by atoms with Gasteiger partial charge in [0.1, 0.15) is 65.7 Å². The summed E-state index contributed by atoms with van der Waals surface area (Å²) in [6, 6.07) is 16.7. The number of carbonyl (C=O) groups is 12. The van der Waals surface area contributed by atoms with Gasteiger partial charge in [0.05, 0.1) is 48.4 Å². The van der Waals surface area contributed by atoms with Crippen LogP contribution in [0.5, 0.6) is 0 Å². The molecule has 11 N–H and O–H groups in total. The van der Waals surface area contributed by atoms with E-state index in [9.17, 15) is 58.2 Å². The molecule has 30 heteroatoms. The van der Waals surface area contributed by atoms with E-state index in [-0.39, 0.29) is 61.4 Å². The van der Waals surface area contributed by atoms with Crippen molar-refractivity contribution in [2.75, 3.05) is 31.8 Å². The molecule has 99 heavy (non-hydrogen) atoms. The fraction of sp³-hybridized carbons (Fsp3) is 0.522. The number of aliphatic carboxylic acids is 1. The zero-order valence-corrected chi connectivity index (χ0v) is 57.8. The van der Waals surface area contributed by atoms with Crippen LogP contribution in [-0.4, -0.2) is 185 Å². The monoisotopic (exact) mass is 1410 g/mol. The Morgan fingerprint density at radius 1 is 0.798 bits per heavy atom. The summed E-state index contributed by atoms with van der Waals surface area (Å²) >= 11 is 0. The lowest BCUT2D eigenvalue weighted by Gasteiger charge is -2.68. The lowest BCUT2D eigenvalue weighted by atomic mass is 9.43. The number of nitrogens with two attached hydrogens (primary N) is 1. The van der Waals surface area contributed by atoms with Crippen molar-refractivity contribution in [3.05, 3.63) is 119 Å². The van der Waals surface area contributed by atoms with E-state index in [1.807, 2.05) is 0 Å². The van der Waals surface area contributed by atoms with Crippen LogP contribution < -0.4 is 37.6 Å². The minimum atomic E-state index is -2.33. The lowest BCUT2D eigenvalue weighted by molar-refractivity contribution is -0.346. The molecule has 534 valence electrons. The van der Waals surface area contributed by atoms with Gasteiger partial charge in [0.25, 0.3) is 0 Å². The van der Waals surface area contributed by atoms with Crippen molar-refractivity contribution in [1.29, 1.82) is 5.41 Å². The first-order chi connectivity index (χ1) is 46.9. The van der Waals surface area contributed by atoms with Gasteiger partial charge in [-0.05, 0) is 61.1 Å². The van der Waals surface area contributed by atoms with Crippen LogP contribution in [0.15, 0.2) is 102 Å². The number of ketones is 1. The molecular formula is C69H86N8O20S2. The summed E-state index contributed by atoms with van der Waals surface area (Å²) in [7, 11) is 3.08. The summed E-state index contributed by atoms with van der Waals surface area (Å²) in [5.74, 6) is -14.8. The van der Waals surface area contributed by atoms with Gasteiger partial charge >= 0.3 is 29.8 Å². The average molecular weight is 1410 g/mol. The molecule has 0 unspecified atom stereocenters. The highest BCUT2D eigenvalue weighted by atomic mass is 33.1. The summed E-state index contributed by atoms with van der Waals surface area (Å²) in [4.78, 5) is 169. The molecular weight excluding hydrogens is 1320 g/mol. The fourth-order valence-corrected chi connectivity index (χ4v) is 16.5. The predicted octanol–water partition coefficient (Wildman–Crippen LogP) is 3.02. The normalized spacial score (nSPS) is 29.1. The Bertz CT molecular complexity index is 3600. The minimum absolute atomic E-state index is 0.0466. The molecule has 2 saturated heterocycles. The average Bonchev–Trinajstić information content (AvgIpc) is 0.671. The maximum Gasteiger partial charge on any atom is 0.350 e. The SMILES string of the molecule is CO[C@H]1C[C@H]2OC[C@@]2(OC(C)=O)[C@H]2[C@H](OC(=O)c3ccccc3)[C@]3(O)C[C@H](OC(=O)[C@H](OC(=O)CSSC[C@@H]4NC(=O)[C@@H](Cc5ccccc5)NC(=O)[C@H](CC(=O)O)NC(=O)CNC(=O)[C@H](CCCCC(=N)N)NC4=O)[C@@H](NC(C)=O)c4ccccc4)C(C)=C([C@@H](C)C(=O)[C@]12C)C3(C)C. The maximum absolute atomic E-state index is 15.9. The van der Waals surface area contributed by atoms with E-state index in [1.54, 1.807) is 113 Å². The largest absolute Gasteiger partial charge is 0.481 e. The van der Waals surface area contributed by atoms with E-state index < -0.39 is 191 Å². The highest BCUT2D eigenvalue weighted by molar-refractivity contribution is 8.76. The Hall–Kier alpha value is -8.71. The number of carboxylic acid groups (broad SMARTS) is 1. The van der Waals surface area contributed by atoms with E-state index >= 15 is 9.59 Å². The van der Waals surface area contributed by atoms with E-state index in [2.05, 4.69) is 31.9 Å². The summed E-state index contributed by atoms with van der Waals surface area (Å²) in [6.07, 6.45) is -8.01. The summed E-state index contributed by atoms with van der Waals surface area (Å²) in [5.41, 5.74) is -0.118. The molecule has 2 heterocycles. The summed E-state index contributed by atoms with van der Waals surface area (Å²) < 4.78 is 37.6. The molecule has 2 bridgehead atoms. The number of aliphatic hydroxyl groups is 1. The van der Waals surface area contributed by atoms with Crippen LogP contribution in [0.2, 0.25) is 0 Å². The van der Waals surface area contributed by atoms with E-state index in [0.29, 0.717) is 23.1 Å². The molecule has 5 aliphatic rings. The molecule has 4 fully saturated rings. The number of esters is 4. The van der Waals surface area contributed by atoms with Gasteiger partial charge in [-0.25, -0.2) is 9.59 Å². The van der Waals surface area contributed by atoms with Crippen LogP contribution in [-0.2, 0) is 87.6 Å². The molecule has 3 aliphatic carbocycles. The Morgan fingerprint density at radius 3 is 2.02 bits per heavy atom. The number of carboxylic acids is 1. The molecule has 3 aromatic rings.